The molecule has 1 aliphatic heterocycles. The fourth-order valence-electron chi connectivity index (χ4n) is 2.04. The van der Waals surface area contributed by atoms with E-state index >= 15 is 0 Å². The van der Waals surface area contributed by atoms with E-state index in [2.05, 4.69) is 10.0 Å². The van der Waals surface area contributed by atoms with Gasteiger partial charge in [0.1, 0.15) is 6.07 Å². The summed E-state index contributed by atoms with van der Waals surface area (Å²) < 4.78 is 20.1. The van der Waals surface area contributed by atoms with Crippen molar-refractivity contribution < 1.29 is 33.3 Å². The van der Waals surface area contributed by atoms with Gasteiger partial charge in [-0.3, -0.25) is 14.4 Å². The summed E-state index contributed by atoms with van der Waals surface area (Å²) in [7, 11) is 0. The third-order valence-electron chi connectivity index (χ3n) is 2.78. The number of rotatable bonds is 4. The zero-order chi connectivity index (χ0) is 17.6. The molecule has 1 heterocycles. The van der Waals surface area contributed by atoms with Gasteiger partial charge in [0.2, 0.25) is 0 Å². The predicted octanol–water partition coefficient (Wildman–Crippen LogP) is 0.342. The Morgan fingerprint density at radius 3 is 2.22 bits per heavy atom. The molecule has 11 heteroatoms. The van der Waals surface area contributed by atoms with E-state index in [1.807, 2.05) is 0 Å². The quantitative estimate of drug-likeness (QED) is 0.235. The highest BCUT2D eigenvalue weighted by Gasteiger charge is 2.56. The Morgan fingerprint density at radius 1 is 1.22 bits per heavy atom. The van der Waals surface area contributed by atoms with Crippen LogP contribution in [0.15, 0.2) is 5.11 Å². The lowest BCUT2D eigenvalue weighted by molar-refractivity contribution is -0.240. The van der Waals surface area contributed by atoms with Crippen molar-refractivity contribution in [2.45, 2.75) is 44.8 Å². The second kappa shape index (κ2) is 7.44. The Morgan fingerprint density at radius 2 is 1.78 bits per heavy atom. The van der Waals surface area contributed by atoms with Crippen LogP contribution in [0.25, 0.3) is 10.4 Å². The highest BCUT2D eigenvalue weighted by atomic mass is 16.7. The van der Waals surface area contributed by atoms with Crippen molar-refractivity contribution in [1.82, 2.24) is 0 Å². The molecule has 4 atom stereocenters. The molecule has 1 saturated heterocycles. The molecule has 124 valence electrons. The summed E-state index contributed by atoms with van der Waals surface area (Å²) in [6, 6.07) is 1.60. The fourth-order valence-corrected chi connectivity index (χ4v) is 2.04. The first-order valence-corrected chi connectivity index (χ1v) is 6.39. The number of ether oxygens (including phenoxy) is 4. The van der Waals surface area contributed by atoms with Gasteiger partial charge in [0.25, 0.3) is 5.72 Å². The monoisotopic (exact) mass is 326 g/mol. The van der Waals surface area contributed by atoms with E-state index in [-0.39, 0.29) is 0 Å². The average Bonchev–Trinajstić information content (AvgIpc) is 2.44. The van der Waals surface area contributed by atoms with Crippen molar-refractivity contribution in [2.75, 3.05) is 6.61 Å². The molecular weight excluding hydrogens is 312 g/mol. The summed E-state index contributed by atoms with van der Waals surface area (Å²) in [5.41, 5.74) is 6.39. The molecule has 0 aromatic rings. The predicted molar refractivity (Wildman–Crippen MR) is 70.1 cm³/mol. The molecule has 1 aliphatic rings. The second-order valence-electron chi connectivity index (χ2n) is 4.56. The van der Waals surface area contributed by atoms with Crippen molar-refractivity contribution >= 4 is 17.9 Å². The van der Waals surface area contributed by atoms with Crippen LogP contribution in [0.4, 0.5) is 0 Å². The number of hydrogen-bond acceptors (Lipinski definition) is 9. The minimum Gasteiger partial charge on any atom is -0.456 e. The molecule has 0 spiro atoms. The Kier molecular flexibility index (Phi) is 5.89. The molecule has 0 aromatic carbocycles. The van der Waals surface area contributed by atoms with E-state index in [1.54, 1.807) is 6.07 Å². The lowest BCUT2D eigenvalue weighted by Gasteiger charge is -2.42. The van der Waals surface area contributed by atoms with Gasteiger partial charge in [-0.25, -0.2) is 0 Å². The van der Waals surface area contributed by atoms with Crippen LogP contribution in [0.5, 0.6) is 0 Å². The molecule has 1 rings (SSSR count). The normalized spacial score (nSPS) is 29.4. The first kappa shape index (κ1) is 18.2. The molecule has 0 unspecified atom stereocenters. The number of carbonyl (C=O) groups excluding carboxylic acids is 3. The van der Waals surface area contributed by atoms with Crippen LogP contribution in [-0.4, -0.2) is 48.6 Å². The van der Waals surface area contributed by atoms with Crippen molar-refractivity contribution in [1.29, 1.82) is 5.26 Å². The summed E-state index contributed by atoms with van der Waals surface area (Å²) >= 11 is 0. The van der Waals surface area contributed by atoms with Crippen molar-refractivity contribution in [3.05, 3.63) is 10.4 Å². The van der Waals surface area contributed by atoms with Crippen LogP contribution in [0.1, 0.15) is 20.8 Å². The third kappa shape index (κ3) is 4.32. The summed E-state index contributed by atoms with van der Waals surface area (Å²) in [4.78, 5) is 36.3. The van der Waals surface area contributed by atoms with Crippen LogP contribution in [0.3, 0.4) is 0 Å². The number of nitrogens with zero attached hydrogens (tertiary/aromatic N) is 4. The van der Waals surface area contributed by atoms with Crippen LogP contribution in [0.2, 0.25) is 0 Å². The summed E-state index contributed by atoms with van der Waals surface area (Å²) in [5, 5.41) is 12.5. The average molecular weight is 326 g/mol. The van der Waals surface area contributed by atoms with E-state index in [4.69, 9.17) is 24.5 Å². The third-order valence-corrected chi connectivity index (χ3v) is 2.78. The number of carbonyl (C=O) groups is 3. The maximum absolute atomic E-state index is 11.3. The zero-order valence-electron chi connectivity index (χ0n) is 12.6. The largest absolute Gasteiger partial charge is 0.456 e. The maximum atomic E-state index is 11.3. The Balaban J connectivity index is 3.32. The summed E-state index contributed by atoms with van der Waals surface area (Å²) in [6.45, 7) is 2.83. The molecule has 0 aromatic heterocycles. The lowest BCUT2D eigenvalue weighted by Crippen LogP contribution is -2.62. The SMILES string of the molecule is CC(=O)O[C@@H]1[C@@H](OC(C)=O)[C@@](C#N)(N=[N+]=[N-])OC[C@H]1OC(C)=O. The van der Waals surface area contributed by atoms with Gasteiger partial charge >= 0.3 is 17.9 Å². The van der Waals surface area contributed by atoms with Gasteiger partial charge in [0.05, 0.1) is 6.61 Å². The van der Waals surface area contributed by atoms with Gasteiger partial charge < -0.3 is 18.9 Å². The topological polar surface area (TPSA) is 161 Å². The van der Waals surface area contributed by atoms with E-state index in [1.165, 1.54) is 0 Å². The van der Waals surface area contributed by atoms with Crippen LogP contribution in [0, 0.1) is 11.3 Å². The number of nitriles is 1. The standard InChI is InChI=1S/C12H14N4O7/c1-6(17)21-9-4-20-12(5-13,15-16-14)11(23-8(3)19)10(9)22-7(2)18/h9-11H,4H2,1-3H3/t9-,10+,11-,12+/m1/s1. The highest BCUT2D eigenvalue weighted by molar-refractivity contribution is 5.68. The molecular formula is C12H14N4O7. The Hall–Kier alpha value is -2.83. The molecule has 1 fully saturated rings. The molecule has 0 radical (unpaired) electrons. The fraction of sp³-hybridized carbons (Fsp3) is 0.667. The molecule has 0 saturated carbocycles. The van der Waals surface area contributed by atoms with E-state index in [0.717, 1.165) is 20.8 Å². The van der Waals surface area contributed by atoms with Gasteiger partial charge in [-0.1, -0.05) is 0 Å². The van der Waals surface area contributed by atoms with Gasteiger partial charge in [-0.05, 0) is 10.6 Å². The number of esters is 3. The molecule has 0 bridgehead atoms. The molecule has 0 aliphatic carbocycles. The maximum Gasteiger partial charge on any atom is 0.303 e. The number of azide groups is 1. The van der Waals surface area contributed by atoms with Gasteiger partial charge in [-0.2, -0.15) is 5.26 Å². The lowest BCUT2D eigenvalue weighted by atomic mass is 9.95. The Bertz CT molecular complexity index is 595. The minimum atomic E-state index is -2.25. The Labute approximate surface area is 130 Å². The summed E-state index contributed by atoms with van der Waals surface area (Å²) in [6.07, 6.45) is -4.13. The summed E-state index contributed by atoms with van der Waals surface area (Å²) in [5.74, 6) is -2.32. The molecule has 11 nitrogen and oxygen atoms in total. The zero-order valence-corrected chi connectivity index (χ0v) is 12.6. The van der Waals surface area contributed by atoms with Crippen LogP contribution < -0.4 is 0 Å². The van der Waals surface area contributed by atoms with Gasteiger partial charge in [-0.15, -0.1) is 0 Å². The first-order chi connectivity index (χ1) is 10.8. The highest BCUT2D eigenvalue weighted by Crippen LogP contribution is 2.33. The van der Waals surface area contributed by atoms with Crippen LogP contribution in [-0.2, 0) is 33.3 Å². The van der Waals surface area contributed by atoms with E-state index in [9.17, 15) is 19.6 Å². The molecule has 0 N–H and O–H groups in total. The first-order valence-electron chi connectivity index (χ1n) is 6.39. The van der Waals surface area contributed by atoms with Crippen molar-refractivity contribution in [3.8, 4) is 6.07 Å². The molecule has 0 amide bonds. The van der Waals surface area contributed by atoms with Gasteiger partial charge in [0.15, 0.2) is 18.3 Å². The minimum absolute atomic E-state index is 0.401. The van der Waals surface area contributed by atoms with E-state index < -0.39 is 48.6 Å². The van der Waals surface area contributed by atoms with E-state index in [0.29, 0.717) is 0 Å². The van der Waals surface area contributed by atoms with Crippen molar-refractivity contribution in [3.63, 3.8) is 0 Å². The van der Waals surface area contributed by atoms with Gasteiger partial charge in [0, 0.05) is 25.7 Å². The molecule has 23 heavy (non-hydrogen) atoms. The van der Waals surface area contributed by atoms with Crippen LogP contribution >= 0.6 is 0 Å². The van der Waals surface area contributed by atoms with Crippen molar-refractivity contribution in [2.24, 2.45) is 5.11 Å². The second-order valence-corrected chi connectivity index (χ2v) is 4.56. The number of hydrogen-bond donors (Lipinski definition) is 0. The smallest absolute Gasteiger partial charge is 0.303 e.